The Hall–Kier alpha value is -2.34. The predicted molar refractivity (Wildman–Crippen MR) is 125 cm³/mol. The first-order valence-corrected chi connectivity index (χ1v) is 12.2. The van der Waals surface area contributed by atoms with E-state index in [4.69, 9.17) is 0 Å². The van der Waals surface area contributed by atoms with Gasteiger partial charge in [0.1, 0.15) is 6.04 Å². The van der Waals surface area contributed by atoms with Gasteiger partial charge in [-0.25, -0.2) is 8.42 Å². The minimum Gasteiger partial charge on any atom is -0.348 e. The lowest BCUT2D eigenvalue weighted by molar-refractivity contribution is -0.122. The molecular formula is C24H34N2O3S. The molecule has 0 aliphatic carbocycles. The predicted octanol–water partition coefficient (Wildman–Crippen LogP) is 4.65. The maximum Gasteiger partial charge on any atom is 0.244 e. The van der Waals surface area contributed by atoms with E-state index < -0.39 is 16.1 Å². The van der Waals surface area contributed by atoms with E-state index >= 15 is 0 Å². The van der Waals surface area contributed by atoms with Crippen molar-refractivity contribution in [2.75, 3.05) is 10.6 Å². The van der Waals surface area contributed by atoms with E-state index in [1.54, 1.807) is 6.07 Å². The van der Waals surface area contributed by atoms with Crippen LogP contribution in [-0.2, 0) is 14.8 Å². The van der Waals surface area contributed by atoms with Crippen LogP contribution < -0.4 is 9.62 Å². The lowest BCUT2D eigenvalue weighted by atomic mass is 9.96. The number of hydrogen-bond donors (Lipinski definition) is 1. The van der Waals surface area contributed by atoms with E-state index in [0.717, 1.165) is 34.1 Å². The van der Waals surface area contributed by atoms with E-state index in [1.165, 1.54) is 9.87 Å². The smallest absolute Gasteiger partial charge is 0.244 e. The largest absolute Gasteiger partial charge is 0.348 e. The van der Waals surface area contributed by atoms with Crippen molar-refractivity contribution in [1.29, 1.82) is 0 Å². The van der Waals surface area contributed by atoms with Crippen molar-refractivity contribution in [3.8, 4) is 0 Å². The fourth-order valence-corrected chi connectivity index (χ4v) is 4.96. The number of nitrogens with one attached hydrogen (secondary N) is 1. The van der Waals surface area contributed by atoms with Gasteiger partial charge in [0.25, 0.3) is 0 Å². The summed E-state index contributed by atoms with van der Waals surface area (Å²) in [5, 5.41) is 3.04. The van der Waals surface area contributed by atoms with Gasteiger partial charge < -0.3 is 5.32 Å². The molecule has 0 spiro atoms. The van der Waals surface area contributed by atoms with Crippen LogP contribution in [0, 0.1) is 34.6 Å². The Kier molecular flexibility index (Phi) is 7.35. The Balaban J connectivity index is 2.38. The second kappa shape index (κ2) is 9.21. The van der Waals surface area contributed by atoms with Crippen LogP contribution in [0.15, 0.2) is 30.3 Å². The van der Waals surface area contributed by atoms with Gasteiger partial charge in [0, 0.05) is 0 Å². The molecule has 2 rings (SSSR count). The monoisotopic (exact) mass is 430 g/mol. The number of carbonyl (C=O) groups is 1. The second-order valence-electron chi connectivity index (χ2n) is 8.27. The molecule has 6 heteroatoms. The van der Waals surface area contributed by atoms with Crippen molar-refractivity contribution >= 4 is 21.6 Å². The highest BCUT2D eigenvalue weighted by atomic mass is 32.2. The van der Waals surface area contributed by atoms with Gasteiger partial charge in [-0.2, -0.15) is 0 Å². The number of sulfonamides is 1. The third kappa shape index (κ3) is 5.22. The van der Waals surface area contributed by atoms with Crippen LogP contribution in [0.3, 0.4) is 0 Å². The number of benzene rings is 2. The van der Waals surface area contributed by atoms with Crippen LogP contribution in [-0.4, -0.2) is 26.6 Å². The molecule has 0 heterocycles. The lowest BCUT2D eigenvalue weighted by Crippen LogP contribution is -2.49. The van der Waals surface area contributed by atoms with Crippen molar-refractivity contribution in [2.45, 2.75) is 67.0 Å². The Bertz CT molecular complexity index is 1040. The van der Waals surface area contributed by atoms with Crippen LogP contribution in [0.4, 0.5) is 5.69 Å². The molecule has 5 nitrogen and oxygen atoms in total. The molecule has 0 aliphatic rings. The molecule has 2 aromatic rings. The van der Waals surface area contributed by atoms with E-state index in [9.17, 15) is 13.2 Å². The van der Waals surface area contributed by atoms with Crippen LogP contribution in [0.1, 0.15) is 59.7 Å². The van der Waals surface area contributed by atoms with Crippen LogP contribution >= 0.6 is 0 Å². The molecule has 164 valence electrons. The molecule has 0 saturated carbocycles. The van der Waals surface area contributed by atoms with E-state index in [0.29, 0.717) is 12.1 Å². The van der Waals surface area contributed by atoms with E-state index in [2.05, 4.69) is 24.4 Å². The molecular weight excluding hydrogens is 396 g/mol. The number of amides is 1. The number of aryl methyl sites for hydroxylation is 5. The maximum absolute atomic E-state index is 13.2. The lowest BCUT2D eigenvalue weighted by Gasteiger charge is -2.31. The fourth-order valence-electron chi connectivity index (χ4n) is 3.76. The summed E-state index contributed by atoms with van der Waals surface area (Å²) in [6.45, 7) is 13.8. The summed E-state index contributed by atoms with van der Waals surface area (Å²) in [5.41, 5.74) is 7.08. The third-order valence-corrected chi connectivity index (χ3v) is 6.96. The minimum atomic E-state index is -3.65. The zero-order valence-electron chi connectivity index (χ0n) is 19.3. The van der Waals surface area contributed by atoms with Crippen molar-refractivity contribution in [1.82, 2.24) is 5.32 Å². The highest BCUT2D eigenvalue weighted by Gasteiger charge is 2.32. The van der Waals surface area contributed by atoms with Gasteiger partial charge in [-0.05, 0) is 93.5 Å². The standard InChI is InChI=1S/C24H34N2O3S/c1-9-23(26(30(8,28)29)21-11-10-15(2)17(4)13-21)24(27)25-20(7)22-14-18(5)16(3)12-19(22)6/h10-14,20,23H,9H2,1-8H3,(H,25,27). The van der Waals surface area contributed by atoms with Gasteiger partial charge in [0.15, 0.2) is 0 Å². The normalized spacial score (nSPS) is 13.6. The molecule has 2 aromatic carbocycles. The Morgan fingerprint density at radius 1 is 0.933 bits per heavy atom. The number of nitrogens with zero attached hydrogens (tertiary/aromatic N) is 1. The number of hydrogen-bond acceptors (Lipinski definition) is 3. The van der Waals surface area contributed by atoms with Gasteiger partial charge in [-0.15, -0.1) is 0 Å². The second-order valence-corrected chi connectivity index (χ2v) is 10.1. The topological polar surface area (TPSA) is 66.5 Å². The summed E-state index contributed by atoms with van der Waals surface area (Å²) in [6.07, 6.45) is 1.51. The van der Waals surface area contributed by atoms with Gasteiger partial charge in [-0.1, -0.05) is 25.1 Å². The summed E-state index contributed by atoms with van der Waals surface area (Å²) in [5.74, 6) is -0.300. The molecule has 1 N–H and O–H groups in total. The zero-order chi connectivity index (χ0) is 22.8. The minimum absolute atomic E-state index is 0.230. The van der Waals surface area contributed by atoms with Gasteiger partial charge in [-0.3, -0.25) is 9.10 Å². The molecule has 0 aliphatic heterocycles. The third-order valence-electron chi connectivity index (χ3n) is 5.78. The molecule has 0 bridgehead atoms. The van der Waals surface area contributed by atoms with E-state index in [-0.39, 0.29) is 11.9 Å². The Morgan fingerprint density at radius 2 is 1.50 bits per heavy atom. The molecule has 30 heavy (non-hydrogen) atoms. The average molecular weight is 431 g/mol. The molecule has 0 saturated heterocycles. The Labute approximate surface area is 181 Å². The maximum atomic E-state index is 13.2. The number of rotatable bonds is 7. The SMILES string of the molecule is CCC(C(=O)NC(C)c1cc(C)c(C)cc1C)N(c1ccc(C)c(C)c1)S(C)(=O)=O. The number of carbonyl (C=O) groups excluding carboxylic acids is 1. The highest BCUT2D eigenvalue weighted by molar-refractivity contribution is 7.92. The zero-order valence-corrected chi connectivity index (χ0v) is 20.1. The van der Waals surface area contributed by atoms with Crippen molar-refractivity contribution in [3.63, 3.8) is 0 Å². The van der Waals surface area contributed by atoms with Gasteiger partial charge in [0.2, 0.25) is 15.9 Å². The van der Waals surface area contributed by atoms with Crippen LogP contribution in [0.2, 0.25) is 0 Å². The quantitative estimate of drug-likeness (QED) is 0.695. The fraction of sp³-hybridized carbons (Fsp3) is 0.458. The summed E-state index contributed by atoms with van der Waals surface area (Å²) in [7, 11) is -3.65. The van der Waals surface area contributed by atoms with Crippen molar-refractivity contribution < 1.29 is 13.2 Å². The van der Waals surface area contributed by atoms with Crippen LogP contribution in [0.25, 0.3) is 0 Å². The van der Waals surface area contributed by atoms with Crippen molar-refractivity contribution in [3.05, 3.63) is 63.7 Å². The molecule has 2 unspecified atom stereocenters. The summed E-state index contributed by atoms with van der Waals surface area (Å²) >= 11 is 0. The first-order valence-electron chi connectivity index (χ1n) is 10.3. The van der Waals surface area contributed by atoms with Gasteiger partial charge >= 0.3 is 0 Å². The van der Waals surface area contributed by atoms with Crippen molar-refractivity contribution in [2.24, 2.45) is 0 Å². The molecule has 2 atom stereocenters. The van der Waals surface area contributed by atoms with Gasteiger partial charge in [0.05, 0.1) is 18.0 Å². The first-order chi connectivity index (χ1) is 13.9. The summed E-state index contributed by atoms with van der Waals surface area (Å²) < 4.78 is 26.6. The molecule has 0 aromatic heterocycles. The highest BCUT2D eigenvalue weighted by Crippen LogP contribution is 2.26. The molecule has 0 radical (unpaired) electrons. The number of anilines is 1. The molecule has 0 fully saturated rings. The first kappa shape index (κ1) is 23.9. The Morgan fingerprint density at radius 3 is 2.03 bits per heavy atom. The average Bonchev–Trinajstić information content (AvgIpc) is 2.63. The molecule has 1 amide bonds. The summed E-state index contributed by atoms with van der Waals surface area (Å²) in [4.78, 5) is 13.2. The summed E-state index contributed by atoms with van der Waals surface area (Å²) in [6, 6.07) is 8.62. The van der Waals surface area contributed by atoms with Crippen LogP contribution in [0.5, 0.6) is 0 Å². The van der Waals surface area contributed by atoms with E-state index in [1.807, 2.05) is 53.7 Å².